The Hall–Kier alpha value is -3.21. The SMILES string of the molecule is CCn1cnc2c(N3CC4CN(c5ccc(C#N)nc5)CC4C3)ncnc21. The number of rotatable bonds is 3. The Bertz CT molecular complexity index is 1000. The molecule has 0 amide bonds. The van der Waals surface area contributed by atoms with E-state index in [1.165, 1.54) is 0 Å². The van der Waals surface area contributed by atoms with Gasteiger partial charge in [-0.15, -0.1) is 0 Å². The summed E-state index contributed by atoms with van der Waals surface area (Å²) < 4.78 is 2.05. The van der Waals surface area contributed by atoms with Crippen molar-refractivity contribution in [1.29, 1.82) is 5.26 Å². The van der Waals surface area contributed by atoms with Crippen LogP contribution in [0.4, 0.5) is 11.5 Å². The molecule has 2 unspecified atom stereocenters. The molecule has 27 heavy (non-hydrogen) atoms. The molecule has 2 fully saturated rings. The van der Waals surface area contributed by atoms with Gasteiger partial charge in [-0.05, 0) is 19.1 Å². The highest BCUT2D eigenvalue weighted by Crippen LogP contribution is 2.36. The summed E-state index contributed by atoms with van der Waals surface area (Å²) in [5, 5.41) is 8.91. The zero-order valence-electron chi connectivity index (χ0n) is 15.2. The smallest absolute Gasteiger partial charge is 0.165 e. The fraction of sp³-hybridized carbons (Fsp3) is 0.421. The second kappa shape index (κ2) is 6.20. The van der Waals surface area contributed by atoms with Crippen LogP contribution in [-0.4, -0.2) is 50.7 Å². The van der Waals surface area contributed by atoms with E-state index in [0.29, 0.717) is 17.5 Å². The van der Waals surface area contributed by atoms with Crippen molar-refractivity contribution in [3.63, 3.8) is 0 Å². The largest absolute Gasteiger partial charge is 0.370 e. The Morgan fingerprint density at radius 3 is 2.48 bits per heavy atom. The van der Waals surface area contributed by atoms with Gasteiger partial charge in [0.05, 0.1) is 18.2 Å². The van der Waals surface area contributed by atoms with E-state index >= 15 is 0 Å². The molecule has 0 bridgehead atoms. The highest BCUT2D eigenvalue weighted by atomic mass is 15.3. The van der Waals surface area contributed by atoms with Gasteiger partial charge in [-0.1, -0.05) is 0 Å². The summed E-state index contributed by atoms with van der Waals surface area (Å²) in [6.45, 7) is 6.92. The number of hydrogen-bond donors (Lipinski definition) is 0. The number of aryl methyl sites for hydroxylation is 1. The second-order valence-corrected chi connectivity index (χ2v) is 7.24. The van der Waals surface area contributed by atoms with E-state index in [4.69, 9.17) is 5.26 Å². The molecule has 3 aromatic heterocycles. The van der Waals surface area contributed by atoms with Crippen LogP contribution in [0.1, 0.15) is 12.6 Å². The van der Waals surface area contributed by atoms with E-state index in [1.807, 2.05) is 18.6 Å². The van der Waals surface area contributed by atoms with Crippen LogP contribution in [0.5, 0.6) is 0 Å². The summed E-state index contributed by atoms with van der Waals surface area (Å²) in [6.07, 6.45) is 5.30. The van der Waals surface area contributed by atoms with Crippen molar-refractivity contribution in [3.8, 4) is 6.07 Å². The van der Waals surface area contributed by atoms with Crippen molar-refractivity contribution < 1.29 is 0 Å². The van der Waals surface area contributed by atoms with Crippen molar-refractivity contribution in [3.05, 3.63) is 36.7 Å². The highest BCUT2D eigenvalue weighted by Gasteiger charge is 2.41. The summed E-state index contributed by atoms with van der Waals surface area (Å²) in [5.74, 6) is 2.14. The molecule has 5 heterocycles. The zero-order chi connectivity index (χ0) is 18.4. The zero-order valence-corrected chi connectivity index (χ0v) is 15.2. The molecule has 0 aromatic carbocycles. The number of aromatic nitrogens is 5. The highest BCUT2D eigenvalue weighted by molar-refractivity contribution is 5.83. The van der Waals surface area contributed by atoms with Crippen LogP contribution in [0.3, 0.4) is 0 Å². The van der Waals surface area contributed by atoms with Crippen molar-refractivity contribution >= 4 is 22.7 Å². The van der Waals surface area contributed by atoms with Gasteiger partial charge in [0, 0.05) is 44.6 Å². The lowest BCUT2D eigenvalue weighted by Crippen LogP contribution is -2.29. The van der Waals surface area contributed by atoms with Gasteiger partial charge in [-0.3, -0.25) is 0 Å². The first-order valence-electron chi connectivity index (χ1n) is 9.28. The molecule has 2 aliphatic heterocycles. The van der Waals surface area contributed by atoms with E-state index in [9.17, 15) is 0 Å². The predicted molar refractivity (Wildman–Crippen MR) is 101 cm³/mol. The van der Waals surface area contributed by atoms with Crippen LogP contribution in [-0.2, 0) is 6.54 Å². The quantitative estimate of drug-likeness (QED) is 0.702. The van der Waals surface area contributed by atoms with E-state index in [-0.39, 0.29) is 0 Å². The molecule has 8 nitrogen and oxygen atoms in total. The summed E-state index contributed by atoms with van der Waals surface area (Å²) in [7, 11) is 0. The van der Waals surface area contributed by atoms with Gasteiger partial charge >= 0.3 is 0 Å². The molecular weight excluding hydrogens is 340 g/mol. The molecule has 0 spiro atoms. The molecule has 136 valence electrons. The van der Waals surface area contributed by atoms with Gasteiger partial charge < -0.3 is 14.4 Å². The van der Waals surface area contributed by atoms with E-state index in [0.717, 1.165) is 55.4 Å². The molecular formula is C19H20N8. The monoisotopic (exact) mass is 360 g/mol. The maximum atomic E-state index is 8.91. The molecule has 0 radical (unpaired) electrons. The molecule has 8 heteroatoms. The van der Waals surface area contributed by atoms with Crippen molar-refractivity contribution in [2.75, 3.05) is 36.0 Å². The first-order valence-corrected chi connectivity index (χ1v) is 9.28. The number of imidazole rings is 1. The Labute approximate surface area is 157 Å². The number of anilines is 2. The Morgan fingerprint density at radius 1 is 1.04 bits per heavy atom. The minimum atomic E-state index is 0.462. The lowest BCUT2D eigenvalue weighted by Gasteiger charge is -2.23. The lowest BCUT2D eigenvalue weighted by molar-refractivity contribution is 0.533. The predicted octanol–water partition coefficient (Wildman–Crippen LogP) is 1.69. The maximum Gasteiger partial charge on any atom is 0.165 e. The number of pyridine rings is 1. The van der Waals surface area contributed by atoms with E-state index in [2.05, 4.69) is 47.3 Å². The molecule has 0 aliphatic carbocycles. The van der Waals surface area contributed by atoms with E-state index < -0.39 is 0 Å². The van der Waals surface area contributed by atoms with Crippen molar-refractivity contribution in [2.24, 2.45) is 11.8 Å². The first-order chi connectivity index (χ1) is 13.3. The third kappa shape index (κ3) is 2.58. The summed E-state index contributed by atoms with van der Waals surface area (Å²) in [5.41, 5.74) is 3.36. The third-order valence-electron chi connectivity index (χ3n) is 5.74. The number of hydrogen-bond acceptors (Lipinski definition) is 7. The average Bonchev–Trinajstić information content (AvgIpc) is 3.40. The van der Waals surface area contributed by atoms with Crippen LogP contribution >= 0.6 is 0 Å². The van der Waals surface area contributed by atoms with Gasteiger partial charge in [0.2, 0.25) is 0 Å². The molecule has 0 saturated carbocycles. The summed E-state index contributed by atoms with van der Waals surface area (Å²) in [6, 6.07) is 5.86. The number of nitriles is 1. The fourth-order valence-corrected chi connectivity index (χ4v) is 4.35. The van der Waals surface area contributed by atoms with Crippen LogP contribution < -0.4 is 9.80 Å². The van der Waals surface area contributed by atoms with Gasteiger partial charge in [0.1, 0.15) is 18.1 Å². The minimum Gasteiger partial charge on any atom is -0.370 e. The van der Waals surface area contributed by atoms with Gasteiger partial charge in [0.15, 0.2) is 17.0 Å². The second-order valence-electron chi connectivity index (χ2n) is 7.24. The third-order valence-corrected chi connectivity index (χ3v) is 5.74. The van der Waals surface area contributed by atoms with Crippen molar-refractivity contribution in [2.45, 2.75) is 13.5 Å². The van der Waals surface area contributed by atoms with Crippen molar-refractivity contribution in [1.82, 2.24) is 24.5 Å². The number of nitrogens with zero attached hydrogens (tertiary/aromatic N) is 8. The number of fused-ring (bicyclic) bond motifs is 2. The maximum absolute atomic E-state index is 8.91. The van der Waals surface area contributed by atoms with Crippen LogP contribution in [0.25, 0.3) is 11.2 Å². The van der Waals surface area contributed by atoms with Gasteiger partial charge in [-0.2, -0.15) is 5.26 Å². The Morgan fingerprint density at radius 2 is 1.81 bits per heavy atom. The molecule has 3 aromatic rings. The van der Waals surface area contributed by atoms with Gasteiger partial charge in [-0.25, -0.2) is 19.9 Å². The molecule has 2 saturated heterocycles. The molecule has 2 aliphatic rings. The Balaban J connectivity index is 1.34. The average molecular weight is 360 g/mol. The van der Waals surface area contributed by atoms with Crippen LogP contribution in [0.2, 0.25) is 0 Å². The fourth-order valence-electron chi connectivity index (χ4n) is 4.35. The molecule has 2 atom stereocenters. The molecule has 5 rings (SSSR count). The molecule has 0 N–H and O–H groups in total. The minimum absolute atomic E-state index is 0.462. The summed E-state index contributed by atoms with van der Waals surface area (Å²) in [4.78, 5) is 22.5. The van der Waals surface area contributed by atoms with E-state index in [1.54, 1.807) is 12.4 Å². The standard InChI is InChI=1S/C19H20N8/c1-2-25-12-24-17-18(25)22-11-23-19(17)27-9-13-7-26(8-14(13)10-27)16-4-3-15(5-20)21-6-16/h3-4,6,11-14H,2,7-10H2,1H3. The van der Waals surface area contributed by atoms with Crippen LogP contribution in [0, 0.1) is 23.2 Å². The Kier molecular flexibility index (Phi) is 3.67. The van der Waals surface area contributed by atoms with Crippen LogP contribution in [0.15, 0.2) is 31.0 Å². The summed E-state index contributed by atoms with van der Waals surface area (Å²) >= 11 is 0. The first kappa shape index (κ1) is 16.0. The normalized spacial score (nSPS) is 21.6. The topological polar surface area (TPSA) is 86.8 Å². The van der Waals surface area contributed by atoms with Gasteiger partial charge in [0.25, 0.3) is 0 Å². The lowest BCUT2D eigenvalue weighted by atomic mass is 10.0.